The average molecular weight is 290 g/mol. The lowest BCUT2D eigenvalue weighted by Gasteiger charge is -2.17. The van der Waals surface area contributed by atoms with E-state index in [1.165, 1.54) is 12.1 Å². The van der Waals surface area contributed by atoms with Crippen LogP contribution in [-0.2, 0) is 9.59 Å². The van der Waals surface area contributed by atoms with Gasteiger partial charge in [-0.1, -0.05) is 0 Å². The number of nitrogens with one attached hydrogen (secondary N) is 1. The fraction of sp³-hybridized carbons (Fsp3) is 0.400. The number of carbonyl (C=O) groups excluding carboxylic acids is 3. The van der Waals surface area contributed by atoms with E-state index in [9.17, 15) is 18.8 Å². The summed E-state index contributed by atoms with van der Waals surface area (Å²) in [5, 5.41) is 2.80. The Balaban J connectivity index is 1.78. The second-order valence-corrected chi connectivity index (χ2v) is 5.52. The van der Waals surface area contributed by atoms with Crippen LogP contribution in [-0.4, -0.2) is 30.2 Å². The monoisotopic (exact) mass is 290 g/mol. The molecule has 1 aromatic carbocycles. The molecule has 2 amide bonds. The summed E-state index contributed by atoms with van der Waals surface area (Å²) in [4.78, 5) is 36.6. The van der Waals surface area contributed by atoms with Gasteiger partial charge in [-0.15, -0.1) is 0 Å². The molecule has 1 aromatic rings. The Morgan fingerprint density at radius 1 is 1.38 bits per heavy atom. The van der Waals surface area contributed by atoms with Crippen LogP contribution in [0, 0.1) is 12.7 Å². The van der Waals surface area contributed by atoms with Gasteiger partial charge >= 0.3 is 0 Å². The second kappa shape index (κ2) is 4.95. The summed E-state index contributed by atoms with van der Waals surface area (Å²) in [6.45, 7) is 1.67. The molecule has 3 rings (SSSR count). The predicted octanol–water partition coefficient (Wildman–Crippen LogP) is 1.33. The smallest absolute Gasteiger partial charge is 0.299 e. The third-order valence-electron chi connectivity index (χ3n) is 3.67. The number of carbonyl (C=O) groups is 3. The first-order valence-corrected chi connectivity index (χ1v) is 6.93. The van der Waals surface area contributed by atoms with Crippen LogP contribution in [0.15, 0.2) is 12.1 Å². The molecule has 1 fully saturated rings. The highest BCUT2D eigenvalue weighted by Crippen LogP contribution is 2.32. The van der Waals surface area contributed by atoms with Crippen LogP contribution in [0.1, 0.15) is 35.2 Å². The van der Waals surface area contributed by atoms with Crippen molar-refractivity contribution in [2.45, 2.75) is 32.2 Å². The van der Waals surface area contributed by atoms with Gasteiger partial charge in [0.15, 0.2) is 0 Å². The molecule has 21 heavy (non-hydrogen) atoms. The van der Waals surface area contributed by atoms with Crippen LogP contribution >= 0.6 is 0 Å². The fourth-order valence-corrected chi connectivity index (χ4v) is 2.48. The molecule has 0 aromatic heterocycles. The topological polar surface area (TPSA) is 66.5 Å². The SMILES string of the molecule is Cc1cc(F)c2c(c1)C(=O)C(=O)N2CCC(=O)NC1CC1. The first-order chi connectivity index (χ1) is 9.97. The molecule has 1 aliphatic heterocycles. The zero-order valence-corrected chi connectivity index (χ0v) is 11.6. The van der Waals surface area contributed by atoms with Crippen molar-refractivity contribution < 1.29 is 18.8 Å². The molecule has 1 N–H and O–H groups in total. The van der Waals surface area contributed by atoms with E-state index in [0.717, 1.165) is 17.7 Å². The number of rotatable bonds is 4. The van der Waals surface area contributed by atoms with Gasteiger partial charge in [-0.2, -0.15) is 0 Å². The van der Waals surface area contributed by atoms with E-state index < -0.39 is 17.5 Å². The normalized spacial score (nSPS) is 17.1. The number of benzene rings is 1. The quantitative estimate of drug-likeness (QED) is 0.851. The van der Waals surface area contributed by atoms with E-state index in [0.29, 0.717) is 5.56 Å². The molecular weight excluding hydrogens is 275 g/mol. The van der Waals surface area contributed by atoms with Crippen LogP contribution in [0.4, 0.5) is 10.1 Å². The van der Waals surface area contributed by atoms with Gasteiger partial charge in [-0.25, -0.2) is 4.39 Å². The van der Waals surface area contributed by atoms with Gasteiger partial charge in [0.05, 0.1) is 11.3 Å². The summed E-state index contributed by atoms with van der Waals surface area (Å²) in [7, 11) is 0. The minimum Gasteiger partial charge on any atom is -0.353 e. The third-order valence-corrected chi connectivity index (χ3v) is 3.67. The highest BCUT2D eigenvalue weighted by atomic mass is 19.1. The van der Waals surface area contributed by atoms with Crippen molar-refractivity contribution in [1.82, 2.24) is 5.32 Å². The summed E-state index contributed by atoms with van der Waals surface area (Å²) < 4.78 is 14.0. The van der Waals surface area contributed by atoms with Gasteiger partial charge in [0.2, 0.25) is 5.91 Å². The Morgan fingerprint density at radius 2 is 2.10 bits per heavy atom. The van der Waals surface area contributed by atoms with Crippen molar-refractivity contribution in [3.63, 3.8) is 0 Å². The number of anilines is 1. The Morgan fingerprint density at radius 3 is 2.76 bits per heavy atom. The van der Waals surface area contributed by atoms with Crippen molar-refractivity contribution >= 4 is 23.3 Å². The molecule has 0 saturated heterocycles. The lowest BCUT2D eigenvalue weighted by molar-refractivity contribution is -0.121. The number of Topliss-reactive ketones (excluding diaryl/α,β-unsaturated/α-hetero) is 1. The Hall–Kier alpha value is -2.24. The minimum absolute atomic E-state index is 0.00479. The van der Waals surface area contributed by atoms with Crippen LogP contribution < -0.4 is 10.2 Å². The molecule has 1 heterocycles. The van der Waals surface area contributed by atoms with E-state index in [-0.39, 0.29) is 36.2 Å². The summed E-state index contributed by atoms with van der Waals surface area (Å²) in [6, 6.07) is 3.02. The number of fused-ring (bicyclic) bond motifs is 1. The number of hydrogen-bond donors (Lipinski definition) is 1. The maximum atomic E-state index is 14.0. The summed E-state index contributed by atoms with van der Waals surface area (Å²) in [5.74, 6) is -2.27. The molecule has 5 nitrogen and oxygen atoms in total. The van der Waals surface area contributed by atoms with Gasteiger partial charge in [0.1, 0.15) is 5.82 Å². The van der Waals surface area contributed by atoms with Crippen molar-refractivity contribution in [2.75, 3.05) is 11.4 Å². The van der Waals surface area contributed by atoms with E-state index in [4.69, 9.17) is 0 Å². The summed E-state index contributed by atoms with van der Waals surface area (Å²) >= 11 is 0. The zero-order chi connectivity index (χ0) is 15.1. The van der Waals surface area contributed by atoms with Crippen LogP contribution in [0.25, 0.3) is 0 Å². The van der Waals surface area contributed by atoms with Crippen molar-refractivity contribution in [3.8, 4) is 0 Å². The van der Waals surface area contributed by atoms with Crippen molar-refractivity contribution in [3.05, 3.63) is 29.1 Å². The summed E-state index contributed by atoms with van der Waals surface area (Å²) in [6.07, 6.45) is 2.01. The number of amides is 2. The maximum absolute atomic E-state index is 14.0. The summed E-state index contributed by atoms with van der Waals surface area (Å²) in [5.41, 5.74) is 0.663. The van der Waals surface area contributed by atoms with Crippen molar-refractivity contribution in [1.29, 1.82) is 0 Å². The van der Waals surface area contributed by atoms with E-state index in [1.807, 2.05) is 0 Å². The third kappa shape index (κ3) is 2.53. The predicted molar refractivity (Wildman–Crippen MR) is 73.6 cm³/mol. The first-order valence-electron chi connectivity index (χ1n) is 6.93. The van der Waals surface area contributed by atoms with Gasteiger partial charge in [-0.05, 0) is 37.5 Å². The standard InChI is InChI=1S/C15H15FN2O3/c1-8-6-10-13(11(16)7-8)18(15(21)14(10)20)5-4-12(19)17-9-2-3-9/h6-7,9H,2-5H2,1H3,(H,17,19). The average Bonchev–Trinajstić information content (AvgIpc) is 3.18. The molecule has 6 heteroatoms. The van der Waals surface area contributed by atoms with Crippen LogP contribution in [0.2, 0.25) is 0 Å². The van der Waals surface area contributed by atoms with Gasteiger partial charge in [0, 0.05) is 19.0 Å². The molecule has 2 aliphatic rings. The van der Waals surface area contributed by atoms with E-state index >= 15 is 0 Å². The lowest BCUT2D eigenvalue weighted by Crippen LogP contribution is -2.35. The number of hydrogen-bond acceptors (Lipinski definition) is 3. The molecule has 110 valence electrons. The number of ketones is 1. The fourth-order valence-electron chi connectivity index (χ4n) is 2.48. The van der Waals surface area contributed by atoms with Gasteiger partial charge in [-0.3, -0.25) is 14.4 Å². The second-order valence-electron chi connectivity index (χ2n) is 5.52. The Kier molecular flexibility index (Phi) is 3.23. The number of nitrogens with zero attached hydrogens (tertiary/aromatic N) is 1. The zero-order valence-electron chi connectivity index (χ0n) is 11.6. The molecule has 0 radical (unpaired) electrons. The molecule has 0 spiro atoms. The number of halogens is 1. The van der Waals surface area contributed by atoms with Crippen molar-refractivity contribution in [2.24, 2.45) is 0 Å². The molecule has 0 unspecified atom stereocenters. The van der Waals surface area contributed by atoms with E-state index in [1.54, 1.807) is 6.92 Å². The first kappa shape index (κ1) is 13.7. The molecule has 1 saturated carbocycles. The highest BCUT2D eigenvalue weighted by Gasteiger charge is 2.38. The minimum atomic E-state index is -0.770. The molecule has 0 atom stereocenters. The van der Waals surface area contributed by atoms with Crippen LogP contribution in [0.3, 0.4) is 0 Å². The number of aryl methyl sites for hydroxylation is 1. The molecular formula is C15H15FN2O3. The van der Waals surface area contributed by atoms with E-state index in [2.05, 4.69) is 5.32 Å². The molecule has 0 bridgehead atoms. The maximum Gasteiger partial charge on any atom is 0.299 e. The largest absolute Gasteiger partial charge is 0.353 e. The van der Waals surface area contributed by atoms with Gasteiger partial charge in [0.25, 0.3) is 11.7 Å². The van der Waals surface area contributed by atoms with Gasteiger partial charge < -0.3 is 10.2 Å². The lowest BCUT2D eigenvalue weighted by atomic mass is 10.1. The Bertz CT molecular complexity index is 653. The molecule has 1 aliphatic carbocycles. The van der Waals surface area contributed by atoms with Crippen LogP contribution in [0.5, 0.6) is 0 Å². The Labute approximate surface area is 121 Å². The highest BCUT2D eigenvalue weighted by molar-refractivity contribution is 6.52.